The highest BCUT2D eigenvalue weighted by atomic mass is 16.3. The van der Waals surface area contributed by atoms with Crippen LogP contribution < -0.4 is 4.90 Å². The van der Waals surface area contributed by atoms with E-state index in [2.05, 4.69) is 36.7 Å². The van der Waals surface area contributed by atoms with Gasteiger partial charge in [-0.3, -0.25) is 14.8 Å². The van der Waals surface area contributed by atoms with Gasteiger partial charge in [0.1, 0.15) is 11.5 Å². The molecule has 1 amide bonds. The van der Waals surface area contributed by atoms with Crippen molar-refractivity contribution in [1.29, 1.82) is 0 Å². The number of piperidine rings is 1. The molecule has 2 fully saturated rings. The second-order valence-corrected chi connectivity index (χ2v) is 8.18. The summed E-state index contributed by atoms with van der Waals surface area (Å²) in [5, 5.41) is 0. The molecule has 0 bridgehead atoms. The highest BCUT2D eigenvalue weighted by Gasteiger charge is 2.39. The van der Waals surface area contributed by atoms with Crippen molar-refractivity contribution in [3.8, 4) is 11.5 Å². The van der Waals surface area contributed by atoms with Gasteiger partial charge >= 0.3 is 0 Å². The summed E-state index contributed by atoms with van der Waals surface area (Å²) in [7, 11) is 0. The average Bonchev–Trinajstić information content (AvgIpc) is 3.51. The zero-order valence-corrected chi connectivity index (χ0v) is 17.6. The number of oxazole rings is 1. The molecule has 0 radical (unpaired) electrons. The first-order valence-corrected chi connectivity index (χ1v) is 11.0. The van der Waals surface area contributed by atoms with Crippen LogP contribution in [-0.4, -0.2) is 55.9 Å². The number of pyridine rings is 1. The molecule has 5 rings (SSSR count). The topological polar surface area (TPSA) is 88.3 Å². The predicted octanol–water partition coefficient (Wildman–Crippen LogP) is 3.36. The zero-order valence-electron chi connectivity index (χ0n) is 17.6. The van der Waals surface area contributed by atoms with E-state index in [1.165, 1.54) is 6.39 Å². The number of anilines is 1. The molecule has 0 spiro atoms. The van der Waals surface area contributed by atoms with Crippen molar-refractivity contribution in [3.05, 3.63) is 54.6 Å². The van der Waals surface area contributed by atoms with E-state index in [1.54, 1.807) is 12.4 Å². The lowest BCUT2D eigenvalue weighted by molar-refractivity contribution is 0.0630. The summed E-state index contributed by atoms with van der Waals surface area (Å²) in [4.78, 5) is 35.1. The lowest BCUT2D eigenvalue weighted by atomic mass is 10.0. The molecule has 0 atom stereocenters. The maximum Gasteiger partial charge on any atom is 0.255 e. The normalized spacial score (nSPS) is 17.0. The van der Waals surface area contributed by atoms with Gasteiger partial charge in [0.05, 0.1) is 29.8 Å². The maximum absolute atomic E-state index is 13.4. The number of amides is 1. The summed E-state index contributed by atoms with van der Waals surface area (Å²) in [6, 6.07) is 4.25. The zero-order chi connectivity index (χ0) is 21.2. The Bertz CT molecular complexity index is 1010. The second kappa shape index (κ2) is 8.45. The van der Waals surface area contributed by atoms with E-state index in [0.717, 1.165) is 56.7 Å². The van der Waals surface area contributed by atoms with E-state index in [1.807, 2.05) is 24.5 Å². The van der Waals surface area contributed by atoms with Crippen LogP contribution >= 0.6 is 0 Å². The number of carbonyl (C=O) groups excluding carboxylic acids is 1. The van der Waals surface area contributed by atoms with Gasteiger partial charge in [0.15, 0.2) is 12.2 Å². The molecule has 1 saturated carbocycles. The third-order valence-corrected chi connectivity index (χ3v) is 6.11. The fourth-order valence-corrected chi connectivity index (χ4v) is 4.21. The Kier molecular flexibility index (Phi) is 5.36. The van der Waals surface area contributed by atoms with E-state index in [-0.39, 0.29) is 11.9 Å². The van der Waals surface area contributed by atoms with Gasteiger partial charge in [0.25, 0.3) is 5.91 Å². The summed E-state index contributed by atoms with van der Waals surface area (Å²) >= 11 is 0. The lowest BCUT2D eigenvalue weighted by Gasteiger charge is -2.39. The Labute approximate surface area is 181 Å². The molecule has 31 heavy (non-hydrogen) atoms. The van der Waals surface area contributed by atoms with Crippen LogP contribution in [0, 0.1) is 0 Å². The molecule has 8 nitrogen and oxygen atoms in total. The molecule has 1 aliphatic heterocycles. The van der Waals surface area contributed by atoms with Crippen LogP contribution in [0.2, 0.25) is 0 Å². The van der Waals surface area contributed by atoms with Gasteiger partial charge in [0, 0.05) is 31.4 Å². The van der Waals surface area contributed by atoms with Crippen molar-refractivity contribution in [1.82, 2.24) is 24.8 Å². The number of nitrogens with zero attached hydrogens (tertiary/aromatic N) is 6. The van der Waals surface area contributed by atoms with Gasteiger partial charge < -0.3 is 14.2 Å². The Morgan fingerprint density at radius 3 is 2.42 bits per heavy atom. The van der Waals surface area contributed by atoms with Crippen LogP contribution in [0.4, 0.5) is 5.82 Å². The summed E-state index contributed by atoms with van der Waals surface area (Å²) < 4.78 is 5.29. The lowest BCUT2D eigenvalue weighted by Crippen LogP contribution is -2.48. The number of carbonyl (C=O) groups is 1. The van der Waals surface area contributed by atoms with Crippen molar-refractivity contribution in [3.63, 3.8) is 0 Å². The fraction of sp³-hybridized carbons (Fsp3) is 0.435. The molecule has 0 N–H and O–H groups in total. The quantitative estimate of drug-likeness (QED) is 0.606. The van der Waals surface area contributed by atoms with Gasteiger partial charge in [-0.2, -0.15) is 0 Å². The van der Waals surface area contributed by atoms with Crippen LogP contribution in [0.3, 0.4) is 0 Å². The highest BCUT2D eigenvalue weighted by molar-refractivity contribution is 5.94. The largest absolute Gasteiger partial charge is 0.442 e. The number of rotatable bonds is 6. The molecule has 160 valence electrons. The molecule has 0 aromatic carbocycles. The summed E-state index contributed by atoms with van der Waals surface area (Å²) in [6.07, 6.45) is 13.3. The maximum atomic E-state index is 13.4. The minimum atomic E-state index is 0.0738. The van der Waals surface area contributed by atoms with Crippen molar-refractivity contribution >= 4 is 11.7 Å². The Morgan fingerprint density at radius 2 is 1.84 bits per heavy atom. The first kappa shape index (κ1) is 19.7. The molecule has 1 saturated heterocycles. The van der Waals surface area contributed by atoms with Crippen LogP contribution in [0.5, 0.6) is 0 Å². The second-order valence-electron chi connectivity index (χ2n) is 8.18. The first-order chi connectivity index (χ1) is 15.2. The number of aryl methyl sites for hydroxylation is 1. The van der Waals surface area contributed by atoms with Crippen molar-refractivity contribution in [2.45, 2.75) is 51.1 Å². The molecule has 1 aliphatic carbocycles. The minimum absolute atomic E-state index is 0.0738. The fourth-order valence-electron chi connectivity index (χ4n) is 4.21. The molecular weight excluding hydrogens is 392 g/mol. The van der Waals surface area contributed by atoms with E-state index in [9.17, 15) is 4.79 Å². The monoisotopic (exact) mass is 418 g/mol. The standard InChI is InChI=1S/C23H26N6O2/c1-2-17-12-27-22(14-25-17)28-9-7-19(8-10-28)29(18-4-5-18)23(30)16-3-6-20(26-11-16)21-13-24-15-31-21/h3,6,11-15,18-19H,2,4-5,7-10H2,1H3. The summed E-state index contributed by atoms with van der Waals surface area (Å²) in [6.45, 7) is 3.84. The summed E-state index contributed by atoms with van der Waals surface area (Å²) in [5.74, 6) is 1.59. The number of hydrogen-bond donors (Lipinski definition) is 0. The van der Waals surface area contributed by atoms with Crippen molar-refractivity contribution in [2.75, 3.05) is 18.0 Å². The molecular formula is C23H26N6O2. The van der Waals surface area contributed by atoms with Crippen LogP contribution in [0.25, 0.3) is 11.5 Å². The summed E-state index contributed by atoms with van der Waals surface area (Å²) in [5.41, 5.74) is 2.31. The molecule has 4 heterocycles. The van der Waals surface area contributed by atoms with E-state index >= 15 is 0 Å². The van der Waals surface area contributed by atoms with Gasteiger partial charge in [-0.05, 0) is 44.2 Å². The van der Waals surface area contributed by atoms with Gasteiger partial charge in [-0.25, -0.2) is 9.97 Å². The number of hydrogen-bond acceptors (Lipinski definition) is 7. The minimum Gasteiger partial charge on any atom is -0.442 e. The SMILES string of the molecule is CCc1cnc(N2CCC(N(C(=O)c3ccc(-c4cnco4)nc3)C3CC3)CC2)cn1. The van der Waals surface area contributed by atoms with Crippen LogP contribution in [-0.2, 0) is 6.42 Å². The van der Waals surface area contributed by atoms with E-state index in [0.29, 0.717) is 23.1 Å². The molecule has 8 heteroatoms. The first-order valence-electron chi connectivity index (χ1n) is 11.0. The van der Waals surface area contributed by atoms with Gasteiger partial charge in [-0.1, -0.05) is 6.92 Å². The van der Waals surface area contributed by atoms with Crippen LogP contribution in [0.1, 0.15) is 48.7 Å². The van der Waals surface area contributed by atoms with Crippen LogP contribution in [0.15, 0.2) is 47.7 Å². The van der Waals surface area contributed by atoms with E-state index < -0.39 is 0 Å². The third kappa shape index (κ3) is 4.15. The van der Waals surface area contributed by atoms with Gasteiger partial charge in [0.2, 0.25) is 0 Å². The smallest absolute Gasteiger partial charge is 0.255 e. The Hall–Kier alpha value is -3.29. The molecule has 2 aliphatic rings. The third-order valence-electron chi connectivity index (χ3n) is 6.11. The van der Waals surface area contributed by atoms with Crippen molar-refractivity contribution < 1.29 is 9.21 Å². The number of aromatic nitrogens is 4. The van der Waals surface area contributed by atoms with E-state index in [4.69, 9.17) is 4.42 Å². The van der Waals surface area contributed by atoms with Crippen molar-refractivity contribution in [2.24, 2.45) is 0 Å². The Morgan fingerprint density at radius 1 is 1.03 bits per heavy atom. The predicted molar refractivity (Wildman–Crippen MR) is 116 cm³/mol. The molecule has 3 aromatic heterocycles. The average molecular weight is 419 g/mol. The highest BCUT2D eigenvalue weighted by Crippen LogP contribution is 2.34. The molecule has 0 unspecified atom stereocenters. The Balaban J connectivity index is 1.26. The molecule has 3 aromatic rings. The van der Waals surface area contributed by atoms with Gasteiger partial charge in [-0.15, -0.1) is 0 Å².